The number of hydrogen-bond donors (Lipinski definition) is 2. The van der Waals surface area contributed by atoms with Gasteiger partial charge in [0.15, 0.2) is 0 Å². The molecule has 1 atom stereocenters. The molecule has 13 heavy (non-hydrogen) atoms. The zero-order valence-corrected chi connectivity index (χ0v) is 8.25. The highest BCUT2D eigenvalue weighted by Crippen LogP contribution is 2.20. The van der Waals surface area contributed by atoms with Crippen molar-refractivity contribution in [1.82, 2.24) is 0 Å². The first-order chi connectivity index (χ1) is 6.16. The van der Waals surface area contributed by atoms with Gasteiger partial charge in [-0.25, -0.2) is 0 Å². The van der Waals surface area contributed by atoms with Crippen LogP contribution < -0.4 is 5.73 Å². The second kappa shape index (κ2) is 4.40. The molecule has 2 nitrogen and oxygen atoms in total. The Hall–Kier alpha value is -0.860. The molecule has 0 saturated carbocycles. The largest absolute Gasteiger partial charge is 0.396 e. The van der Waals surface area contributed by atoms with Gasteiger partial charge in [0.1, 0.15) is 0 Å². The van der Waals surface area contributed by atoms with Gasteiger partial charge in [0.2, 0.25) is 0 Å². The predicted octanol–water partition coefficient (Wildman–Crippen LogP) is 1.69. The Bertz CT molecular complexity index is 283. The summed E-state index contributed by atoms with van der Waals surface area (Å²) in [5.41, 5.74) is 9.56. The number of hydrogen-bond acceptors (Lipinski definition) is 2. The Kier molecular flexibility index (Phi) is 3.46. The van der Waals surface area contributed by atoms with Crippen LogP contribution in [0.3, 0.4) is 0 Å². The second-order valence-corrected chi connectivity index (χ2v) is 3.41. The second-order valence-electron chi connectivity index (χ2n) is 3.41. The van der Waals surface area contributed by atoms with Crippen molar-refractivity contribution in [3.8, 4) is 0 Å². The molecule has 0 heterocycles. The van der Waals surface area contributed by atoms with Crippen LogP contribution in [0.15, 0.2) is 18.2 Å². The maximum atomic E-state index is 8.78. The van der Waals surface area contributed by atoms with E-state index in [-0.39, 0.29) is 12.6 Å². The van der Waals surface area contributed by atoms with Gasteiger partial charge in [-0.05, 0) is 37.0 Å². The van der Waals surface area contributed by atoms with E-state index in [9.17, 15) is 0 Å². The molecule has 0 fully saturated rings. The molecule has 3 N–H and O–H groups in total. The Morgan fingerprint density at radius 2 is 2.08 bits per heavy atom. The average Bonchev–Trinajstić information content (AvgIpc) is 2.10. The molecule has 1 rings (SSSR count). The van der Waals surface area contributed by atoms with E-state index in [1.54, 1.807) is 0 Å². The topological polar surface area (TPSA) is 46.2 Å². The highest BCUT2D eigenvalue weighted by molar-refractivity contribution is 5.35. The Balaban J connectivity index is 2.93. The van der Waals surface area contributed by atoms with Crippen molar-refractivity contribution in [3.63, 3.8) is 0 Å². The van der Waals surface area contributed by atoms with Gasteiger partial charge in [-0.3, -0.25) is 0 Å². The van der Waals surface area contributed by atoms with Gasteiger partial charge in [-0.1, -0.05) is 18.2 Å². The number of aliphatic hydroxyl groups is 1. The van der Waals surface area contributed by atoms with Gasteiger partial charge >= 0.3 is 0 Å². The summed E-state index contributed by atoms with van der Waals surface area (Å²) in [6.45, 7) is 4.29. The van der Waals surface area contributed by atoms with Crippen LogP contribution >= 0.6 is 0 Å². The van der Waals surface area contributed by atoms with Crippen molar-refractivity contribution in [1.29, 1.82) is 0 Å². The maximum absolute atomic E-state index is 8.78. The highest BCUT2D eigenvalue weighted by atomic mass is 16.3. The van der Waals surface area contributed by atoms with Crippen LogP contribution in [0.1, 0.15) is 29.2 Å². The molecular weight excluding hydrogens is 162 g/mol. The summed E-state index contributed by atoms with van der Waals surface area (Å²) in [5.74, 6) is 0. The fraction of sp³-hybridized carbons (Fsp3) is 0.455. The van der Waals surface area contributed by atoms with E-state index < -0.39 is 0 Å². The van der Waals surface area contributed by atoms with Crippen LogP contribution in [0.5, 0.6) is 0 Å². The summed E-state index contributed by atoms with van der Waals surface area (Å²) in [6.07, 6.45) is 0.629. The molecule has 2 heteroatoms. The predicted molar refractivity (Wildman–Crippen MR) is 54.5 cm³/mol. The van der Waals surface area contributed by atoms with Crippen LogP contribution in [0.4, 0.5) is 0 Å². The van der Waals surface area contributed by atoms with E-state index in [2.05, 4.69) is 19.9 Å². The number of aliphatic hydroxyl groups excluding tert-OH is 1. The van der Waals surface area contributed by atoms with Crippen LogP contribution in [-0.4, -0.2) is 11.7 Å². The minimum absolute atomic E-state index is 0.0371. The van der Waals surface area contributed by atoms with E-state index in [1.165, 1.54) is 11.1 Å². The van der Waals surface area contributed by atoms with E-state index in [0.29, 0.717) is 6.42 Å². The monoisotopic (exact) mass is 179 g/mol. The molecule has 0 saturated heterocycles. The molecule has 0 unspecified atom stereocenters. The third-order valence-electron chi connectivity index (χ3n) is 2.49. The summed E-state index contributed by atoms with van der Waals surface area (Å²) in [6, 6.07) is 6.08. The van der Waals surface area contributed by atoms with Crippen molar-refractivity contribution in [3.05, 3.63) is 34.9 Å². The van der Waals surface area contributed by atoms with Gasteiger partial charge in [-0.15, -0.1) is 0 Å². The maximum Gasteiger partial charge on any atom is 0.0449 e. The van der Waals surface area contributed by atoms with Crippen LogP contribution in [0.25, 0.3) is 0 Å². The SMILES string of the molecule is Cc1cccc([C@@H](N)CCO)c1C. The minimum atomic E-state index is -0.0371. The first-order valence-electron chi connectivity index (χ1n) is 4.59. The van der Waals surface area contributed by atoms with E-state index in [4.69, 9.17) is 10.8 Å². The first-order valence-corrected chi connectivity index (χ1v) is 4.59. The van der Waals surface area contributed by atoms with Gasteiger partial charge in [0.05, 0.1) is 0 Å². The standard InChI is InChI=1S/C11H17NO/c1-8-4-3-5-10(9(8)2)11(12)6-7-13/h3-5,11,13H,6-7,12H2,1-2H3/t11-/m0/s1. The zero-order chi connectivity index (χ0) is 9.84. The molecule has 0 spiro atoms. The molecule has 0 aliphatic heterocycles. The van der Waals surface area contributed by atoms with Gasteiger partial charge in [-0.2, -0.15) is 0 Å². The van der Waals surface area contributed by atoms with Crippen molar-refractivity contribution in [2.45, 2.75) is 26.3 Å². The number of aryl methyl sites for hydroxylation is 1. The van der Waals surface area contributed by atoms with Crippen LogP contribution in [0, 0.1) is 13.8 Å². The Morgan fingerprint density at radius 3 is 2.69 bits per heavy atom. The average molecular weight is 179 g/mol. The van der Waals surface area contributed by atoms with Gasteiger partial charge in [0.25, 0.3) is 0 Å². The molecule has 0 aromatic heterocycles. The van der Waals surface area contributed by atoms with Crippen molar-refractivity contribution in [2.75, 3.05) is 6.61 Å². The summed E-state index contributed by atoms with van der Waals surface area (Å²) in [5, 5.41) is 8.78. The summed E-state index contributed by atoms with van der Waals surface area (Å²) in [7, 11) is 0. The summed E-state index contributed by atoms with van der Waals surface area (Å²) >= 11 is 0. The third kappa shape index (κ3) is 2.29. The quantitative estimate of drug-likeness (QED) is 0.741. The third-order valence-corrected chi connectivity index (χ3v) is 2.49. The lowest BCUT2D eigenvalue weighted by Gasteiger charge is -2.14. The summed E-state index contributed by atoms with van der Waals surface area (Å²) < 4.78 is 0. The van der Waals surface area contributed by atoms with Crippen LogP contribution in [0.2, 0.25) is 0 Å². The fourth-order valence-corrected chi connectivity index (χ4v) is 1.47. The molecule has 1 aromatic carbocycles. The molecule has 1 aromatic rings. The van der Waals surface area contributed by atoms with Gasteiger partial charge in [0, 0.05) is 12.6 Å². The normalized spacial score (nSPS) is 12.9. The lowest BCUT2D eigenvalue weighted by atomic mass is 9.96. The number of nitrogens with two attached hydrogens (primary N) is 1. The Labute approximate surface area is 79.4 Å². The van der Waals surface area contributed by atoms with Crippen molar-refractivity contribution in [2.24, 2.45) is 5.73 Å². The zero-order valence-electron chi connectivity index (χ0n) is 8.25. The first kappa shape index (κ1) is 10.2. The van der Waals surface area contributed by atoms with Crippen molar-refractivity contribution < 1.29 is 5.11 Å². The molecular formula is C11H17NO. The molecule has 0 aliphatic rings. The minimum Gasteiger partial charge on any atom is -0.396 e. The smallest absolute Gasteiger partial charge is 0.0449 e. The summed E-state index contributed by atoms with van der Waals surface area (Å²) in [4.78, 5) is 0. The molecule has 0 bridgehead atoms. The number of benzene rings is 1. The fourth-order valence-electron chi connectivity index (χ4n) is 1.47. The van der Waals surface area contributed by atoms with E-state index >= 15 is 0 Å². The highest BCUT2D eigenvalue weighted by Gasteiger charge is 2.08. The van der Waals surface area contributed by atoms with Gasteiger partial charge < -0.3 is 10.8 Å². The number of rotatable bonds is 3. The van der Waals surface area contributed by atoms with Crippen molar-refractivity contribution >= 4 is 0 Å². The molecule has 0 amide bonds. The van der Waals surface area contributed by atoms with Crippen LogP contribution in [-0.2, 0) is 0 Å². The lowest BCUT2D eigenvalue weighted by Crippen LogP contribution is -2.13. The van der Waals surface area contributed by atoms with E-state index in [0.717, 1.165) is 5.56 Å². The molecule has 72 valence electrons. The molecule has 0 aliphatic carbocycles. The molecule has 0 radical (unpaired) electrons. The van der Waals surface area contributed by atoms with E-state index in [1.807, 2.05) is 12.1 Å². The lowest BCUT2D eigenvalue weighted by molar-refractivity contribution is 0.276. The Morgan fingerprint density at radius 1 is 1.38 bits per heavy atom.